The number of carbonyl (C=O) groups is 1. The van der Waals surface area contributed by atoms with Crippen LogP contribution >= 0.6 is 0 Å². The van der Waals surface area contributed by atoms with E-state index in [9.17, 15) is 27.9 Å². The summed E-state index contributed by atoms with van der Waals surface area (Å²) in [6.45, 7) is 2.17. The van der Waals surface area contributed by atoms with E-state index in [1.165, 1.54) is 13.0 Å². The van der Waals surface area contributed by atoms with Crippen molar-refractivity contribution in [2.24, 2.45) is 4.99 Å². The number of aromatic carboxylic acids is 1. The summed E-state index contributed by atoms with van der Waals surface area (Å²) in [5, 5.41) is 9.30. The highest BCUT2D eigenvalue weighted by Crippen LogP contribution is 2.30. The third-order valence-corrected chi connectivity index (χ3v) is 3.93. The standard InChI is InChI=1S/C17H13F3N2O4/c1-9-12(14-21-5-6-26-14)8-13(16(24)25)15(23)22(9)11-4-2-3-10(7-11)17(18,19)20/h2-4,7-8H,5-6H2,1H3,(H,24,25). The van der Waals surface area contributed by atoms with Crippen molar-refractivity contribution in [2.45, 2.75) is 13.1 Å². The first-order valence-corrected chi connectivity index (χ1v) is 7.55. The van der Waals surface area contributed by atoms with Crippen LogP contribution in [0.2, 0.25) is 0 Å². The highest BCUT2D eigenvalue weighted by atomic mass is 19.4. The summed E-state index contributed by atoms with van der Waals surface area (Å²) >= 11 is 0. The topological polar surface area (TPSA) is 80.9 Å². The van der Waals surface area contributed by atoms with Crippen LogP contribution in [0.1, 0.15) is 27.2 Å². The number of hydrogen-bond acceptors (Lipinski definition) is 4. The van der Waals surface area contributed by atoms with E-state index in [0.29, 0.717) is 13.2 Å². The zero-order chi connectivity index (χ0) is 19.1. The fourth-order valence-electron chi connectivity index (χ4n) is 2.70. The van der Waals surface area contributed by atoms with Crippen molar-refractivity contribution in [2.75, 3.05) is 13.2 Å². The molecule has 0 radical (unpaired) electrons. The minimum atomic E-state index is -4.60. The molecule has 1 aliphatic rings. The Morgan fingerprint density at radius 2 is 2.04 bits per heavy atom. The lowest BCUT2D eigenvalue weighted by Gasteiger charge is -2.16. The molecule has 0 unspecified atom stereocenters. The molecule has 0 saturated heterocycles. The predicted octanol–water partition coefficient (Wildman–Crippen LogP) is 2.64. The average molecular weight is 366 g/mol. The van der Waals surface area contributed by atoms with Crippen LogP contribution < -0.4 is 5.56 Å². The van der Waals surface area contributed by atoms with Crippen LogP contribution in [0, 0.1) is 6.92 Å². The van der Waals surface area contributed by atoms with Crippen LogP contribution in [0.15, 0.2) is 40.1 Å². The van der Waals surface area contributed by atoms with E-state index in [2.05, 4.69) is 4.99 Å². The molecule has 9 heteroatoms. The molecule has 0 fully saturated rings. The number of benzene rings is 1. The van der Waals surface area contributed by atoms with Gasteiger partial charge < -0.3 is 9.84 Å². The summed E-state index contributed by atoms with van der Waals surface area (Å²) in [6, 6.07) is 5.25. The smallest absolute Gasteiger partial charge is 0.416 e. The summed E-state index contributed by atoms with van der Waals surface area (Å²) < 4.78 is 45.2. The number of nitrogens with zero attached hydrogens (tertiary/aromatic N) is 2. The molecule has 1 aromatic carbocycles. The second-order valence-corrected chi connectivity index (χ2v) is 5.59. The molecule has 0 aliphatic carbocycles. The Labute approximate surface area is 145 Å². The molecule has 3 rings (SSSR count). The van der Waals surface area contributed by atoms with Gasteiger partial charge in [0.25, 0.3) is 5.56 Å². The van der Waals surface area contributed by atoms with Crippen LogP contribution in [-0.4, -0.2) is 34.7 Å². The number of pyridine rings is 1. The van der Waals surface area contributed by atoms with Gasteiger partial charge in [-0.3, -0.25) is 9.36 Å². The van der Waals surface area contributed by atoms with Crippen LogP contribution in [0.4, 0.5) is 13.2 Å². The molecule has 0 saturated carbocycles. The second kappa shape index (κ2) is 6.32. The molecule has 0 amide bonds. The van der Waals surface area contributed by atoms with Crippen molar-refractivity contribution in [3.63, 3.8) is 0 Å². The minimum absolute atomic E-state index is 0.0923. The lowest BCUT2D eigenvalue weighted by atomic mass is 10.1. The van der Waals surface area contributed by atoms with Gasteiger partial charge in [-0.05, 0) is 31.2 Å². The van der Waals surface area contributed by atoms with E-state index in [1.54, 1.807) is 0 Å². The molecular formula is C17H13F3N2O4. The van der Waals surface area contributed by atoms with Gasteiger partial charge in [0.15, 0.2) is 0 Å². The van der Waals surface area contributed by atoms with Crippen LogP contribution in [0.3, 0.4) is 0 Å². The second-order valence-electron chi connectivity index (χ2n) is 5.59. The average Bonchev–Trinajstić information content (AvgIpc) is 3.08. The summed E-state index contributed by atoms with van der Waals surface area (Å²) in [5.41, 5.74) is -2.07. The van der Waals surface area contributed by atoms with Gasteiger partial charge in [-0.1, -0.05) is 6.07 Å². The summed E-state index contributed by atoms with van der Waals surface area (Å²) in [5.74, 6) is -1.33. The monoisotopic (exact) mass is 366 g/mol. The molecule has 1 aliphatic heterocycles. The zero-order valence-electron chi connectivity index (χ0n) is 13.5. The van der Waals surface area contributed by atoms with Crippen LogP contribution in [0.5, 0.6) is 0 Å². The third kappa shape index (κ3) is 3.07. The first-order chi connectivity index (χ1) is 12.2. The highest BCUT2D eigenvalue weighted by Gasteiger charge is 2.31. The van der Waals surface area contributed by atoms with Gasteiger partial charge in [0.05, 0.1) is 17.7 Å². The van der Waals surface area contributed by atoms with E-state index in [4.69, 9.17) is 4.74 Å². The predicted molar refractivity (Wildman–Crippen MR) is 86.1 cm³/mol. The van der Waals surface area contributed by atoms with Crippen molar-refractivity contribution in [1.29, 1.82) is 0 Å². The fraction of sp³-hybridized carbons (Fsp3) is 0.235. The number of carboxylic acid groups (broad SMARTS) is 1. The van der Waals surface area contributed by atoms with Crippen LogP contribution in [0.25, 0.3) is 5.69 Å². The number of halogens is 3. The molecule has 0 spiro atoms. The Hall–Kier alpha value is -3.10. The molecular weight excluding hydrogens is 353 g/mol. The SMILES string of the molecule is Cc1c(C2=NCCO2)cc(C(=O)O)c(=O)n1-c1cccc(C(F)(F)F)c1. The maximum atomic E-state index is 13.0. The molecule has 26 heavy (non-hydrogen) atoms. The maximum absolute atomic E-state index is 13.0. The molecule has 1 N–H and O–H groups in total. The summed E-state index contributed by atoms with van der Waals surface area (Å²) in [6.07, 6.45) is -4.60. The summed E-state index contributed by atoms with van der Waals surface area (Å²) in [7, 11) is 0. The third-order valence-electron chi connectivity index (χ3n) is 3.93. The molecule has 6 nitrogen and oxygen atoms in total. The van der Waals surface area contributed by atoms with E-state index in [-0.39, 0.29) is 22.8 Å². The van der Waals surface area contributed by atoms with E-state index < -0.39 is 28.8 Å². The fourth-order valence-corrected chi connectivity index (χ4v) is 2.70. The summed E-state index contributed by atoms with van der Waals surface area (Å²) in [4.78, 5) is 28.1. The van der Waals surface area contributed by atoms with Crippen molar-refractivity contribution in [1.82, 2.24) is 4.57 Å². The Kier molecular flexibility index (Phi) is 4.31. The van der Waals surface area contributed by atoms with E-state index >= 15 is 0 Å². The molecule has 2 aromatic rings. The Morgan fingerprint density at radius 3 is 2.62 bits per heavy atom. The molecule has 2 heterocycles. The van der Waals surface area contributed by atoms with Gasteiger partial charge in [-0.2, -0.15) is 13.2 Å². The highest BCUT2D eigenvalue weighted by molar-refractivity contribution is 5.98. The number of alkyl halides is 3. The lowest BCUT2D eigenvalue weighted by molar-refractivity contribution is -0.137. The first kappa shape index (κ1) is 17.7. The van der Waals surface area contributed by atoms with Gasteiger partial charge >= 0.3 is 12.1 Å². The first-order valence-electron chi connectivity index (χ1n) is 7.55. The number of carboxylic acids is 1. The largest absolute Gasteiger partial charge is 0.477 e. The normalized spacial score (nSPS) is 14.1. The molecule has 1 aromatic heterocycles. The van der Waals surface area contributed by atoms with E-state index in [0.717, 1.165) is 28.8 Å². The van der Waals surface area contributed by atoms with Crippen molar-refractivity contribution in [3.8, 4) is 5.69 Å². The molecule has 0 bridgehead atoms. The van der Waals surface area contributed by atoms with Gasteiger partial charge in [0.1, 0.15) is 12.2 Å². The van der Waals surface area contributed by atoms with Gasteiger partial charge in [0.2, 0.25) is 5.90 Å². The van der Waals surface area contributed by atoms with Crippen molar-refractivity contribution in [3.05, 3.63) is 63.1 Å². The minimum Gasteiger partial charge on any atom is -0.477 e. The molecule has 136 valence electrons. The van der Waals surface area contributed by atoms with Gasteiger partial charge in [-0.25, -0.2) is 9.79 Å². The quantitative estimate of drug-likeness (QED) is 0.906. The number of aliphatic imine (C=N–C) groups is 1. The molecule has 0 atom stereocenters. The van der Waals surface area contributed by atoms with Crippen LogP contribution in [-0.2, 0) is 10.9 Å². The number of ether oxygens (including phenoxy) is 1. The zero-order valence-corrected chi connectivity index (χ0v) is 13.5. The van der Waals surface area contributed by atoms with Crippen molar-refractivity contribution >= 4 is 11.9 Å². The number of aromatic nitrogens is 1. The Bertz CT molecular complexity index is 977. The Balaban J connectivity index is 2.30. The van der Waals surface area contributed by atoms with Gasteiger partial charge in [-0.15, -0.1) is 0 Å². The number of hydrogen-bond donors (Lipinski definition) is 1. The lowest BCUT2D eigenvalue weighted by Crippen LogP contribution is -2.29. The van der Waals surface area contributed by atoms with E-state index in [1.807, 2.05) is 0 Å². The van der Waals surface area contributed by atoms with Crippen molar-refractivity contribution < 1.29 is 27.8 Å². The maximum Gasteiger partial charge on any atom is 0.416 e. The number of rotatable bonds is 3. The van der Waals surface area contributed by atoms with Gasteiger partial charge in [0, 0.05) is 11.4 Å². The Morgan fingerprint density at radius 1 is 1.31 bits per heavy atom.